The van der Waals surface area contributed by atoms with Gasteiger partial charge in [0.2, 0.25) is 11.8 Å². The van der Waals surface area contributed by atoms with Crippen LogP contribution in [0.4, 0.5) is 26.7 Å². The average molecular weight is 999 g/mol. The zero-order valence-corrected chi connectivity index (χ0v) is 42.3. The van der Waals surface area contributed by atoms with Gasteiger partial charge >= 0.3 is 24.2 Å². The molecule has 3 radical (unpaired) electrons. The van der Waals surface area contributed by atoms with Crippen molar-refractivity contribution < 1.29 is 60.5 Å². The van der Waals surface area contributed by atoms with Crippen molar-refractivity contribution in [2.45, 2.75) is 109 Å². The quantitative estimate of drug-likeness (QED) is 0.0312. The van der Waals surface area contributed by atoms with E-state index < -0.39 is 61.4 Å². The topological polar surface area (TPSA) is 182 Å². The van der Waals surface area contributed by atoms with Crippen LogP contribution in [0.5, 0.6) is 0 Å². The Labute approximate surface area is 398 Å². The first-order valence-electron chi connectivity index (χ1n) is 21.7. The minimum Gasteiger partial charge on any atom is -0.475 e. The van der Waals surface area contributed by atoms with Crippen LogP contribution in [0.25, 0.3) is 11.1 Å². The number of hydrogen-bond donors (Lipinski definition) is 4. The molecule has 371 valence electrons. The number of esters is 1. The first-order valence-corrected chi connectivity index (χ1v) is 27.1. The van der Waals surface area contributed by atoms with Crippen LogP contribution >= 0.6 is 11.8 Å². The number of ether oxygens (including phenoxy) is 2. The minimum absolute atomic E-state index is 0.0291. The van der Waals surface area contributed by atoms with Crippen molar-refractivity contribution in [3.63, 3.8) is 0 Å². The lowest BCUT2D eigenvalue weighted by Crippen LogP contribution is -2.47. The Balaban J connectivity index is 0.00000203. The van der Waals surface area contributed by atoms with Gasteiger partial charge in [0.05, 0.1) is 25.0 Å². The molecule has 5 N–H and O–H groups in total. The van der Waals surface area contributed by atoms with Crippen molar-refractivity contribution in [2.75, 3.05) is 44.4 Å². The number of nitrogens with zero attached hydrogens (tertiary/aromatic N) is 2. The van der Waals surface area contributed by atoms with Gasteiger partial charge in [-0.2, -0.15) is 24.9 Å². The normalized spacial score (nSPS) is 12.8. The van der Waals surface area contributed by atoms with Gasteiger partial charge in [0, 0.05) is 79.7 Å². The third kappa shape index (κ3) is 22.3. The Morgan fingerprint density at radius 1 is 0.955 bits per heavy atom. The molecule has 0 bridgehead atoms. The number of alkyl halides is 3. The highest BCUT2D eigenvalue weighted by Crippen LogP contribution is 2.41. The third-order valence-corrected chi connectivity index (χ3v) is 12.7. The smallest absolute Gasteiger partial charge is 0.475 e. The van der Waals surface area contributed by atoms with E-state index in [1.165, 1.54) is 17.8 Å². The van der Waals surface area contributed by atoms with Gasteiger partial charge in [-0.3, -0.25) is 9.59 Å². The molecule has 0 saturated carbocycles. The largest absolute Gasteiger partial charge is 0.490 e. The fourth-order valence-electron chi connectivity index (χ4n) is 6.35. The molecular formula is C46H65F5N5O8SSi2. The highest BCUT2D eigenvalue weighted by molar-refractivity contribution is 7.99. The number of carbonyl (C=O) groups excluding carboxylic acids is 4. The van der Waals surface area contributed by atoms with Gasteiger partial charge in [-0.05, 0) is 59.2 Å². The van der Waals surface area contributed by atoms with E-state index in [0.29, 0.717) is 30.7 Å². The van der Waals surface area contributed by atoms with Crippen LogP contribution in [0.2, 0.25) is 30.7 Å². The second-order valence-electron chi connectivity index (χ2n) is 18.7. The summed E-state index contributed by atoms with van der Waals surface area (Å²) in [6.07, 6.45) is -2.80. The minimum atomic E-state index is -5.08. The lowest BCUT2D eigenvalue weighted by atomic mass is 9.83. The van der Waals surface area contributed by atoms with Gasteiger partial charge in [-0.15, -0.1) is 0 Å². The number of hydrogen-bond acceptors (Lipinski definition) is 9. The number of halogens is 5. The number of carboxylic acid groups (broad SMARTS) is 1. The molecule has 0 saturated heterocycles. The fourth-order valence-corrected chi connectivity index (χ4v) is 7.98. The second kappa shape index (κ2) is 26.7. The van der Waals surface area contributed by atoms with Gasteiger partial charge in [0.1, 0.15) is 17.7 Å². The predicted octanol–water partition coefficient (Wildman–Crippen LogP) is 8.35. The maximum atomic E-state index is 15.3. The monoisotopic (exact) mass is 998 g/mol. The fraction of sp³-hybridized carbons (Fsp3) is 0.543. The molecule has 0 aliphatic carbocycles. The van der Waals surface area contributed by atoms with Crippen LogP contribution < -0.4 is 16.4 Å². The lowest BCUT2D eigenvalue weighted by Gasteiger charge is -2.41. The van der Waals surface area contributed by atoms with Gasteiger partial charge in [0.25, 0.3) is 0 Å². The van der Waals surface area contributed by atoms with E-state index in [1.807, 2.05) is 75.6 Å². The standard InChI is InChI=1S/C44H64F2N5O6SSi2.C2HF3O2/c1-43(2,3)40(37-25-32(34-26-33(45)15-16-35(34)46)29-50(37)28-31-13-10-9-11-14-31)51(20-12-19-48-42(55)57-21-18-44(4,5)59)39(53)30-58-23-17-38(52)49-36(27-47)41(54)56-22-24-60(6,7)8;3-2(4,5)1(6)7/h9-11,13-16,25-26,29,36,40H,12,17-24,27-28,30,47H2,1-8H3,(H,48,55)(H,49,52);(H,6,7). The summed E-state index contributed by atoms with van der Waals surface area (Å²) in [4.78, 5) is 63.1. The van der Waals surface area contributed by atoms with Crippen LogP contribution in [-0.4, -0.2) is 119 Å². The number of benzene rings is 2. The van der Waals surface area contributed by atoms with Crippen LogP contribution in [0.1, 0.15) is 71.2 Å². The number of rotatable bonds is 23. The molecule has 2 aromatic carbocycles. The maximum Gasteiger partial charge on any atom is 0.490 e. The van der Waals surface area contributed by atoms with Crippen molar-refractivity contribution >= 4 is 59.9 Å². The summed E-state index contributed by atoms with van der Waals surface area (Å²) >= 11 is 1.28. The number of carbonyl (C=O) groups is 5. The lowest BCUT2D eigenvalue weighted by molar-refractivity contribution is -0.192. The third-order valence-electron chi connectivity index (χ3n) is 9.80. The number of thioether (sulfide) groups is 1. The Morgan fingerprint density at radius 2 is 1.60 bits per heavy atom. The molecule has 2 atom stereocenters. The molecule has 0 aliphatic rings. The van der Waals surface area contributed by atoms with Gasteiger partial charge in [-0.1, -0.05) is 84.6 Å². The summed E-state index contributed by atoms with van der Waals surface area (Å²) < 4.78 is 74.2. The zero-order valence-electron chi connectivity index (χ0n) is 39.5. The second-order valence-corrected chi connectivity index (χ2v) is 26.8. The Bertz CT molecular complexity index is 2080. The summed E-state index contributed by atoms with van der Waals surface area (Å²) in [6.45, 7) is 17.8. The summed E-state index contributed by atoms with van der Waals surface area (Å²) in [6, 6.07) is 14.2. The number of nitrogens with two attached hydrogens (primary N) is 1. The Morgan fingerprint density at radius 3 is 2.16 bits per heavy atom. The van der Waals surface area contributed by atoms with Crippen molar-refractivity contribution in [1.29, 1.82) is 0 Å². The molecule has 21 heteroatoms. The molecule has 0 spiro atoms. The molecule has 13 nitrogen and oxygen atoms in total. The summed E-state index contributed by atoms with van der Waals surface area (Å²) in [5.74, 6) is -4.74. The summed E-state index contributed by atoms with van der Waals surface area (Å²) in [7, 11) is 2.18. The van der Waals surface area contributed by atoms with E-state index in [-0.39, 0.29) is 67.4 Å². The molecule has 0 aliphatic heterocycles. The number of nitrogens with one attached hydrogen (secondary N) is 2. The Kier molecular flexibility index (Phi) is 23.3. The number of carboxylic acids is 1. The van der Waals surface area contributed by atoms with Crippen LogP contribution in [-0.2, 0) is 35.2 Å². The highest BCUT2D eigenvalue weighted by atomic mass is 32.2. The van der Waals surface area contributed by atoms with Crippen molar-refractivity contribution in [3.8, 4) is 11.1 Å². The van der Waals surface area contributed by atoms with Gasteiger partial charge in [0.15, 0.2) is 0 Å². The summed E-state index contributed by atoms with van der Waals surface area (Å²) in [5.41, 5.74) is 7.48. The van der Waals surface area contributed by atoms with E-state index in [9.17, 15) is 36.7 Å². The Hall–Kier alpha value is -4.74. The number of aliphatic carboxylic acids is 1. The first-order chi connectivity index (χ1) is 31.0. The van der Waals surface area contributed by atoms with Crippen LogP contribution in [0, 0.1) is 17.0 Å². The molecule has 3 amide bonds. The van der Waals surface area contributed by atoms with Gasteiger partial charge in [-0.25, -0.2) is 23.2 Å². The van der Waals surface area contributed by atoms with Crippen molar-refractivity contribution in [2.24, 2.45) is 11.1 Å². The maximum absolute atomic E-state index is 15.3. The van der Waals surface area contributed by atoms with E-state index in [0.717, 1.165) is 29.4 Å². The van der Waals surface area contributed by atoms with E-state index in [2.05, 4.69) is 40.5 Å². The molecule has 67 heavy (non-hydrogen) atoms. The molecule has 2 unspecified atom stereocenters. The predicted molar refractivity (Wildman–Crippen MR) is 253 cm³/mol. The molecule has 3 aromatic rings. The molecule has 1 heterocycles. The van der Waals surface area contributed by atoms with Crippen molar-refractivity contribution in [3.05, 3.63) is 83.7 Å². The zero-order chi connectivity index (χ0) is 50.8. The highest BCUT2D eigenvalue weighted by Gasteiger charge is 2.39. The van der Waals surface area contributed by atoms with E-state index >= 15 is 4.39 Å². The summed E-state index contributed by atoms with van der Waals surface area (Å²) in [5, 5.41) is 12.4. The number of amides is 3. The van der Waals surface area contributed by atoms with E-state index in [1.54, 1.807) is 11.1 Å². The van der Waals surface area contributed by atoms with Gasteiger partial charge < -0.3 is 40.4 Å². The average Bonchev–Trinajstić information content (AvgIpc) is 3.61. The number of alkyl carbamates (subject to hydrolysis) is 1. The molecule has 3 rings (SSSR count). The molecule has 0 fully saturated rings. The van der Waals surface area contributed by atoms with Crippen LogP contribution in [0.3, 0.4) is 0 Å². The first kappa shape index (κ1) is 58.4. The number of aromatic nitrogens is 1. The van der Waals surface area contributed by atoms with Crippen molar-refractivity contribution in [1.82, 2.24) is 20.1 Å². The molecule has 1 aromatic heterocycles. The van der Waals surface area contributed by atoms with E-state index in [4.69, 9.17) is 25.1 Å². The SMILES string of the molecule is CC(C)([Si])CCOC(=O)NCCCN(C(=O)CSCCC(=O)NC(CN)C(=O)OCC[Si](C)(C)C)C(c1cc(-c2cc(F)ccc2F)cn1Cc1ccccc1)C(C)(C)C.O=C(O)C(F)(F)F. The molecular weight excluding hydrogens is 934 g/mol. The van der Waals surface area contributed by atoms with Crippen LogP contribution in [0.15, 0.2) is 60.8 Å².